The van der Waals surface area contributed by atoms with Gasteiger partial charge in [0.15, 0.2) is 25.2 Å². The summed E-state index contributed by atoms with van der Waals surface area (Å²) in [6.45, 7) is 14.1. The summed E-state index contributed by atoms with van der Waals surface area (Å²) in [5, 5.41) is 162. The first-order valence-corrected chi connectivity index (χ1v) is 27.4. The molecule has 0 aromatic carbocycles. The molecule has 29 atom stereocenters. The lowest BCUT2D eigenvalue weighted by Crippen LogP contribution is -2.65. The first-order chi connectivity index (χ1) is 35.5. The van der Waals surface area contributed by atoms with Gasteiger partial charge in [0.1, 0.15) is 91.6 Å². The molecular formula is C53H90O23. The molecule has 0 spiro atoms. The van der Waals surface area contributed by atoms with E-state index in [1.807, 2.05) is 0 Å². The molecule has 8 aliphatic rings. The molecule has 0 aromatic rings. The molecule has 440 valence electrons. The summed E-state index contributed by atoms with van der Waals surface area (Å²) >= 11 is 0. The maximum absolute atomic E-state index is 12.7. The molecule has 4 saturated heterocycles. The van der Waals surface area contributed by atoms with E-state index in [9.17, 15) is 76.6 Å². The van der Waals surface area contributed by atoms with Crippen molar-refractivity contribution in [1.29, 1.82) is 0 Å². The van der Waals surface area contributed by atoms with Crippen molar-refractivity contribution >= 4 is 0 Å². The molecule has 0 radical (unpaired) electrons. The quantitative estimate of drug-likeness (QED) is 0.0705. The standard InChI is InChI=1S/C53H90O23/c1-22(23-15-16-51(6)30-12-10-24-25(53(30,8)31(57)17-52(23,51)7)11-14-32(49(24,2)3)74-46-42(66)38(62)35(59)27(18-54)71-46)9-13-33(50(4,5)68)75-48-44(76-47-43(67)39(63)36(60)28(19-55)72-47)40(64)37(61)29(73-48)21-70-45-41(65)34(58)26(56)20-69-45/h10,22-23,25-48,54-68H,9,11-21H2,1-8H3/t22-,23?,25?,26-,27-,28+,29-,30?,31-,32+,33-,34+,35-,36+,37-,38+,39-,40+,41-,42-,43+,44-,45+,46+,47-,48+,51+,52-,53+/m1/s1. The number of rotatable bonds is 16. The minimum Gasteiger partial charge on any atom is -0.394 e. The van der Waals surface area contributed by atoms with E-state index in [2.05, 4.69) is 47.6 Å². The van der Waals surface area contributed by atoms with Gasteiger partial charge in [0.25, 0.3) is 0 Å². The smallest absolute Gasteiger partial charge is 0.187 e. The predicted octanol–water partition coefficient (Wildman–Crippen LogP) is -2.59. The number of aliphatic hydroxyl groups excluding tert-OH is 14. The Bertz CT molecular complexity index is 1970. The average molecular weight is 1100 g/mol. The molecule has 8 rings (SSSR count). The summed E-state index contributed by atoms with van der Waals surface area (Å²) in [7, 11) is 0. The molecule has 76 heavy (non-hydrogen) atoms. The summed E-state index contributed by atoms with van der Waals surface area (Å²) in [4.78, 5) is 0. The van der Waals surface area contributed by atoms with Crippen LogP contribution in [0.25, 0.3) is 0 Å². The summed E-state index contributed by atoms with van der Waals surface area (Å²) in [6.07, 6.45) is -25.0. The van der Waals surface area contributed by atoms with Gasteiger partial charge < -0.3 is 114 Å². The van der Waals surface area contributed by atoms with Crippen LogP contribution >= 0.6 is 0 Å². The Morgan fingerprint density at radius 3 is 1.80 bits per heavy atom. The molecule has 0 aromatic heterocycles. The van der Waals surface area contributed by atoms with Crippen molar-refractivity contribution in [3.63, 3.8) is 0 Å². The van der Waals surface area contributed by atoms with Gasteiger partial charge in [-0.3, -0.25) is 0 Å². The third kappa shape index (κ3) is 10.6. The molecule has 3 unspecified atom stereocenters. The van der Waals surface area contributed by atoms with E-state index in [-0.39, 0.29) is 47.5 Å². The van der Waals surface area contributed by atoms with E-state index in [0.717, 1.165) is 19.3 Å². The first kappa shape index (κ1) is 60.9. The fourth-order valence-corrected chi connectivity index (χ4v) is 15.3. The second-order valence-electron chi connectivity index (χ2n) is 25.4. The number of fused-ring (bicyclic) bond motifs is 5. The third-order valence-corrected chi connectivity index (χ3v) is 20.4. The summed E-state index contributed by atoms with van der Waals surface area (Å²) in [5.74, 6) is 0.285. The highest BCUT2D eigenvalue weighted by atomic mass is 16.8. The van der Waals surface area contributed by atoms with Gasteiger partial charge in [-0.15, -0.1) is 0 Å². The van der Waals surface area contributed by atoms with Crippen molar-refractivity contribution in [2.75, 3.05) is 26.4 Å². The van der Waals surface area contributed by atoms with Crippen molar-refractivity contribution < 1.29 is 114 Å². The first-order valence-electron chi connectivity index (χ1n) is 27.4. The SMILES string of the molecule is C[C@H](CC[C@@H](O[C@@H]1O[C@H](CO[C@@H]2OC[C@@H](O)[C@H](O)[C@H]2O)[C@@H](O)[C@H](O)[C@H]1O[C@H]1O[C@@H](CO)[C@H](O)[C@@H](O)[C@@H]1O)C(C)(C)O)C1CC[C@@]2(C)C3CC=C4C(CC[C@H](O[C@@H]5O[C@H](CO)[C@@H](O)[C@H](O)[C@H]5O)C4(C)C)[C@]3(C)[C@H](O)C[C@]12C. The van der Waals surface area contributed by atoms with E-state index in [4.69, 9.17) is 37.9 Å². The highest BCUT2D eigenvalue weighted by Gasteiger charge is 2.70. The highest BCUT2D eigenvalue weighted by molar-refractivity contribution is 5.32. The highest BCUT2D eigenvalue weighted by Crippen LogP contribution is 2.75. The van der Waals surface area contributed by atoms with Gasteiger partial charge in [-0.25, -0.2) is 0 Å². The van der Waals surface area contributed by atoms with Crippen LogP contribution in [0.4, 0.5) is 0 Å². The van der Waals surface area contributed by atoms with Gasteiger partial charge in [0.05, 0.1) is 50.3 Å². The normalized spacial score (nSPS) is 51.5. The van der Waals surface area contributed by atoms with Crippen LogP contribution in [0.5, 0.6) is 0 Å². The van der Waals surface area contributed by atoms with Gasteiger partial charge in [-0.05, 0) is 99.7 Å². The van der Waals surface area contributed by atoms with Crippen molar-refractivity contribution in [3.05, 3.63) is 11.6 Å². The van der Waals surface area contributed by atoms with Crippen LogP contribution < -0.4 is 0 Å². The molecule has 4 aliphatic heterocycles. The van der Waals surface area contributed by atoms with Gasteiger partial charge in [-0.1, -0.05) is 53.2 Å². The lowest BCUT2D eigenvalue weighted by atomic mass is 9.38. The monoisotopic (exact) mass is 1090 g/mol. The molecule has 3 saturated carbocycles. The molecule has 7 fully saturated rings. The lowest BCUT2D eigenvalue weighted by molar-refractivity contribution is -0.379. The summed E-state index contributed by atoms with van der Waals surface area (Å²) < 4.78 is 47.6. The molecule has 23 heteroatoms. The van der Waals surface area contributed by atoms with Gasteiger partial charge in [-0.2, -0.15) is 0 Å². The van der Waals surface area contributed by atoms with Crippen molar-refractivity contribution in [2.45, 2.75) is 247 Å². The van der Waals surface area contributed by atoms with E-state index < -0.39 is 171 Å². The zero-order valence-electron chi connectivity index (χ0n) is 45.0. The molecule has 15 N–H and O–H groups in total. The Balaban J connectivity index is 0.982. The number of allylic oxidation sites excluding steroid dienone is 1. The Morgan fingerprint density at radius 2 is 1.21 bits per heavy atom. The van der Waals surface area contributed by atoms with Crippen LogP contribution in [-0.2, 0) is 37.9 Å². The number of ether oxygens (including phenoxy) is 8. The van der Waals surface area contributed by atoms with Crippen molar-refractivity contribution in [1.82, 2.24) is 0 Å². The average Bonchev–Trinajstić information content (AvgIpc) is 3.88. The lowest BCUT2D eigenvalue weighted by Gasteiger charge is -2.67. The van der Waals surface area contributed by atoms with Gasteiger partial charge in [0.2, 0.25) is 0 Å². The van der Waals surface area contributed by atoms with Crippen LogP contribution in [0.1, 0.15) is 107 Å². The number of hydrogen-bond acceptors (Lipinski definition) is 23. The van der Waals surface area contributed by atoms with Crippen LogP contribution in [0.3, 0.4) is 0 Å². The van der Waals surface area contributed by atoms with Crippen LogP contribution in [-0.4, -0.2) is 244 Å². The summed E-state index contributed by atoms with van der Waals surface area (Å²) in [5.41, 5.74) is -1.98. The van der Waals surface area contributed by atoms with E-state index in [1.54, 1.807) is 13.8 Å². The van der Waals surface area contributed by atoms with Gasteiger partial charge >= 0.3 is 0 Å². The second kappa shape index (κ2) is 22.9. The van der Waals surface area contributed by atoms with Crippen LogP contribution in [0, 0.1) is 45.3 Å². The molecule has 4 aliphatic carbocycles. The molecule has 23 nitrogen and oxygen atoms in total. The third-order valence-electron chi connectivity index (χ3n) is 20.4. The van der Waals surface area contributed by atoms with Crippen molar-refractivity contribution in [2.24, 2.45) is 45.3 Å². The maximum atomic E-state index is 12.7. The van der Waals surface area contributed by atoms with Gasteiger partial charge in [0, 0.05) is 10.8 Å². The Kier molecular flexibility index (Phi) is 18.3. The van der Waals surface area contributed by atoms with E-state index in [1.165, 1.54) is 5.57 Å². The maximum Gasteiger partial charge on any atom is 0.187 e. The Morgan fingerprint density at radius 1 is 0.645 bits per heavy atom. The zero-order valence-corrected chi connectivity index (χ0v) is 45.0. The van der Waals surface area contributed by atoms with Crippen LogP contribution in [0.15, 0.2) is 11.6 Å². The van der Waals surface area contributed by atoms with E-state index >= 15 is 0 Å². The molecule has 4 heterocycles. The topological polar surface area (TPSA) is 377 Å². The van der Waals surface area contributed by atoms with Crippen LogP contribution in [0.2, 0.25) is 0 Å². The number of aliphatic hydroxyl groups is 15. The fourth-order valence-electron chi connectivity index (χ4n) is 15.3. The largest absolute Gasteiger partial charge is 0.394 e. The predicted molar refractivity (Wildman–Crippen MR) is 262 cm³/mol. The molecule has 0 amide bonds. The van der Waals surface area contributed by atoms with Crippen molar-refractivity contribution in [3.8, 4) is 0 Å². The zero-order chi connectivity index (χ0) is 55.9. The molecular weight excluding hydrogens is 1000 g/mol. The second-order valence-corrected chi connectivity index (χ2v) is 25.4. The minimum absolute atomic E-state index is 0.0175. The number of hydrogen-bond donors (Lipinski definition) is 15. The van der Waals surface area contributed by atoms with E-state index in [0.29, 0.717) is 25.7 Å². The Labute approximate surface area is 444 Å². The summed E-state index contributed by atoms with van der Waals surface area (Å²) in [6, 6.07) is 0. The Hall–Kier alpha value is -1.18. The minimum atomic E-state index is -1.91. The fraction of sp³-hybridized carbons (Fsp3) is 0.962. The molecule has 0 bridgehead atoms.